The Bertz CT molecular complexity index is 978. The number of carboxylic acid groups (broad SMARTS) is 1. The van der Waals surface area contributed by atoms with Gasteiger partial charge in [0.25, 0.3) is 0 Å². The molecule has 3 rings (SSSR count). The van der Waals surface area contributed by atoms with Crippen LogP contribution >= 0.6 is 0 Å². The third-order valence-corrected chi connectivity index (χ3v) is 3.96. The van der Waals surface area contributed by atoms with E-state index >= 15 is 0 Å². The van der Waals surface area contributed by atoms with Gasteiger partial charge in [-0.3, -0.25) is 4.72 Å². The second kappa shape index (κ2) is 8.68. The van der Waals surface area contributed by atoms with E-state index in [1.807, 2.05) is 0 Å². The lowest BCUT2D eigenvalue weighted by molar-refractivity contribution is 0.0697. The molecule has 0 aliphatic carbocycles. The topological polar surface area (TPSA) is 113 Å². The smallest absolute Gasteiger partial charge is 0.335 e. The molecule has 2 N–H and O–H groups in total. The Morgan fingerprint density at radius 1 is 1.00 bits per heavy atom. The molecule has 1 heterocycles. The molecule has 8 nitrogen and oxygen atoms in total. The number of carboxylic acids is 1. The zero-order valence-corrected chi connectivity index (χ0v) is 14.7. The normalized spacial score (nSPS) is 11.9. The van der Waals surface area contributed by atoms with Crippen molar-refractivity contribution in [2.75, 3.05) is 4.72 Å². The number of hydrogen-bond acceptors (Lipinski definition) is 6. The number of nitrogens with one attached hydrogen (secondary N) is 1. The van der Waals surface area contributed by atoms with Crippen molar-refractivity contribution in [3.8, 4) is 5.75 Å². The first-order chi connectivity index (χ1) is 13.1. The zero-order chi connectivity index (χ0) is 19.1. The number of azo groups is 1. The minimum Gasteiger partial charge on any atom is -0.478 e. The Kier molecular flexibility index (Phi) is 5.85. The van der Waals surface area contributed by atoms with Crippen LogP contribution in [0.3, 0.4) is 0 Å². The van der Waals surface area contributed by atoms with Crippen molar-refractivity contribution >= 4 is 34.4 Å². The summed E-state index contributed by atoms with van der Waals surface area (Å²) in [5.41, 5.74) is 1.10. The van der Waals surface area contributed by atoms with Gasteiger partial charge in [-0.25, -0.2) is 9.78 Å². The first kappa shape index (κ1) is 18.2. The first-order valence-corrected chi connectivity index (χ1v) is 8.80. The van der Waals surface area contributed by atoms with Crippen LogP contribution in [0.25, 0.3) is 0 Å². The maximum atomic E-state index is 11.9. The molecule has 0 aliphatic rings. The molecule has 1 aromatic heterocycles. The van der Waals surface area contributed by atoms with Crippen molar-refractivity contribution in [3.05, 3.63) is 78.5 Å². The lowest BCUT2D eigenvalue weighted by Crippen LogP contribution is -2.11. The number of hydrogen-bond donors (Lipinski definition) is 2. The highest BCUT2D eigenvalue weighted by atomic mass is 32.2. The van der Waals surface area contributed by atoms with Crippen molar-refractivity contribution in [3.63, 3.8) is 0 Å². The Balaban J connectivity index is 1.61. The van der Waals surface area contributed by atoms with E-state index in [1.54, 1.807) is 60.8 Å². The highest BCUT2D eigenvalue weighted by molar-refractivity contribution is 7.81. The van der Waals surface area contributed by atoms with E-state index in [4.69, 9.17) is 9.29 Å². The van der Waals surface area contributed by atoms with Gasteiger partial charge in [0, 0.05) is 6.20 Å². The van der Waals surface area contributed by atoms with Gasteiger partial charge in [-0.1, -0.05) is 12.1 Å². The molecule has 0 amide bonds. The maximum Gasteiger partial charge on any atom is 0.335 e. The molecule has 1 unspecified atom stereocenters. The van der Waals surface area contributed by atoms with Gasteiger partial charge in [-0.15, -0.1) is 0 Å². The van der Waals surface area contributed by atoms with Crippen molar-refractivity contribution in [1.29, 1.82) is 0 Å². The van der Waals surface area contributed by atoms with E-state index in [0.717, 1.165) is 0 Å². The average Bonchev–Trinajstić information content (AvgIpc) is 2.68. The molecule has 27 heavy (non-hydrogen) atoms. The Morgan fingerprint density at radius 2 is 1.78 bits per heavy atom. The van der Waals surface area contributed by atoms with Crippen LogP contribution in [0.2, 0.25) is 0 Å². The molecule has 0 radical (unpaired) electrons. The number of pyridine rings is 1. The van der Waals surface area contributed by atoms with Gasteiger partial charge in [0.2, 0.25) is 0 Å². The molecule has 2 aromatic carbocycles. The number of rotatable bonds is 7. The summed E-state index contributed by atoms with van der Waals surface area (Å²) >= 11 is -1.79. The monoisotopic (exact) mass is 382 g/mol. The predicted octanol–water partition coefficient (Wildman–Crippen LogP) is 4.26. The second-order valence-electron chi connectivity index (χ2n) is 5.18. The van der Waals surface area contributed by atoms with Crippen molar-refractivity contribution in [2.45, 2.75) is 0 Å². The van der Waals surface area contributed by atoms with E-state index in [9.17, 15) is 9.00 Å². The molecule has 0 spiro atoms. The molecular formula is C18H14N4O4S. The molecule has 0 aliphatic heterocycles. The van der Waals surface area contributed by atoms with Gasteiger partial charge in [0.05, 0.1) is 16.9 Å². The number of anilines is 1. The summed E-state index contributed by atoms with van der Waals surface area (Å²) in [5.74, 6) is -0.214. The number of benzene rings is 2. The van der Waals surface area contributed by atoms with Crippen LogP contribution in [0.1, 0.15) is 10.4 Å². The molecule has 0 fully saturated rings. The Labute approximate surface area is 157 Å². The summed E-state index contributed by atoms with van der Waals surface area (Å²) in [5, 5.41) is 17.0. The minimum absolute atomic E-state index is 0.137. The summed E-state index contributed by atoms with van der Waals surface area (Å²) in [6.45, 7) is 0. The van der Waals surface area contributed by atoms with Crippen LogP contribution in [0.5, 0.6) is 5.75 Å². The highest BCUT2D eigenvalue weighted by Crippen LogP contribution is 2.22. The van der Waals surface area contributed by atoms with E-state index < -0.39 is 17.2 Å². The molecule has 1 atom stereocenters. The van der Waals surface area contributed by atoms with Gasteiger partial charge in [0.15, 0.2) is 0 Å². The van der Waals surface area contributed by atoms with Crippen molar-refractivity contribution in [1.82, 2.24) is 4.98 Å². The third-order valence-electron chi connectivity index (χ3n) is 3.24. The molecule has 0 saturated carbocycles. The van der Waals surface area contributed by atoms with E-state index in [2.05, 4.69) is 19.9 Å². The SMILES string of the molecule is O=C(O)c1cccc(N=Nc2ccc(OS(=O)Nc3ccccn3)cc2)c1. The predicted molar refractivity (Wildman–Crippen MR) is 101 cm³/mol. The third kappa shape index (κ3) is 5.44. The van der Waals surface area contributed by atoms with Crippen LogP contribution in [0.4, 0.5) is 17.2 Å². The van der Waals surface area contributed by atoms with Gasteiger partial charge >= 0.3 is 17.2 Å². The fraction of sp³-hybridized carbons (Fsp3) is 0. The Hall–Kier alpha value is -3.59. The second-order valence-corrected chi connectivity index (χ2v) is 6.02. The number of nitrogens with zero attached hydrogens (tertiary/aromatic N) is 3. The summed E-state index contributed by atoms with van der Waals surface area (Å²) < 4.78 is 19.8. The minimum atomic E-state index is -1.79. The quantitative estimate of drug-likeness (QED) is 0.593. The van der Waals surface area contributed by atoms with Gasteiger partial charge < -0.3 is 9.29 Å². The van der Waals surface area contributed by atoms with Gasteiger partial charge in [-0.2, -0.15) is 14.4 Å². The van der Waals surface area contributed by atoms with E-state index in [-0.39, 0.29) is 5.56 Å². The molecule has 9 heteroatoms. The first-order valence-electron chi connectivity index (χ1n) is 7.73. The van der Waals surface area contributed by atoms with Crippen LogP contribution in [-0.2, 0) is 11.3 Å². The van der Waals surface area contributed by atoms with E-state index in [0.29, 0.717) is 22.9 Å². The maximum absolute atomic E-state index is 11.9. The number of aromatic nitrogens is 1. The fourth-order valence-electron chi connectivity index (χ4n) is 2.00. The Morgan fingerprint density at radius 3 is 2.48 bits per heavy atom. The average molecular weight is 382 g/mol. The van der Waals surface area contributed by atoms with Gasteiger partial charge in [0.1, 0.15) is 11.6 Å². The van der Waals surface area contributed by atoms with Gasteiger partial charge in [-0.05, 0) is 54.6 Å². The van der Waals surface area contributed by atoms with Crippen LogP contribution < -0.4 is 8.91 Å². The van der Waals surface area contributed by atoms with Crippen LogP contribution in [0, 0.1) is 0 Å². The van der Waals surface area contributed by atoms with Crippen molar-refractivity contribution in [2.24, 2.45) is 10.2 Å². The van der Waals surface area contributed by atoms with Crippen molar-refractivity contribution < 1.29 is 18.3 Å². The lowest BCUT2D eigenvalue weighted by atomic mass is 10.2. The lowest BCUT2D eigenvalue weighted by Gasteiger charge is -2.06. The van der Waals surface area contributed by atoms with Crippen LogP contribution in [0.15, 0.2) is 83.2 Å². The number of carbonyl (C=O) groups is 1. The summed E-state index contributed by atoms with van der Waals surface area (Å²) in [6.07, 6.45) is 1.57. The molecule has 0 saturated heterocycles. The summed E-state index contributed by atoms with van der Waals surface area (Å²) in [7, 11) is 0. The summed E-state index contributed by atoms with van der Waals surface area (Å²) in [6, 6.07) is 17.8. The molecule has 3 aromatic rings. The van der Waals surface area contributed by atoms with Crippen LogP contribution in [-0.4, -0.2) is 20.3 Å². The standard InChI is InChI=1S/C18H14N4O4S/c23-18(24)13-4-3-5-15(12-13)21-20-14-7-9-16(10-8-14)26-27(25)22-17-6-1-2-11-19-17/h1-12H,(H,19,22)(H,23,24). The number of aromatic carboxylic acids is 1. The largest absolute Gasteiger partial charge is 0.478 e. The summed E-state index contributed by atoms with van der Waals surface area (Å²) in [4.78, 5) is 14.9. The highest BCUT2D eigenvalue weighted by Gasteiger charge is 2.05. The molecular weight excluding hydrogens is 368 g/mol. The molecule has 136 valence electrons. The fourth-order valence-corrected chi connectivity index (χ4v) is 2.62. The van der Waals surface area contributed by atoms with E-state index in [1.165, 1.54) is 12.1 Å². The molecule has 0 bridgehead atoms. The zero-order valence-electron chi connectivity index (χ0n) is 13.9.